The molecule has 0 saturated carbocycles. The van der Waals surface area contributed by atoms with Gasteiger partial charge in [-0.1, -0.05) is 65.0 Å². The Morgan fingerprint density at radius 1 is 0.891 bits per heavy atom. The summed E-state index contributed by atoms with van der Waals surface area (Å²) in [4.78, 5) is 72.7. The van der Waals surface area contributed by atoms with Crippen LogP contribution in [0.25, 0.3) is 0 Å². The summed E-state index contributed by atoms with van der Waals surface area (Å²) < 4.78 is 0. The number of carbonyl (C=O) groups is 5. The van der Waals surface area contributed by atoms with Crippen LogP contribution in [0.3, 0.4) is 0 Å². The smallest absolute Gasteiger partial charge is 0.255 e. The molecule has 2 aromatic rings. The molecule has 2 amide bonds. The summed E-state index contributed by atoms with van der Waals surface area (Å²) in [6, 6.07) is 13.8. The number of piperazine rings is 1. The number of carbonyl (C=O) groups excluding carboxylic acids is 5. The van der Waals surface area contributed by atoms with Gasteiger partial charge in [0.2, 0.25) is 11.7 Å². The molecule has 0 radical (unpaired) electrons. The molecule has 1 N–H and O–H groups in total. The third-order valence-corrected chi connectivity index (χ3v) is 9.35. The van der Waals surface area contributed by atoms with E-state index < -0.39 is 40.9 Å². The van der Waals surface area contributed by atoms with Crippen LogP contribution in [0.2, 0.25) is 0 Å². The molecule has 2 aliphatic rings. The fraction of sp³-hybridized carbons (Fsp3) is 0.541. The van der Waals surface area contributed by atoms with Crippen LogP contribution in [0.15, 0.2) is 48.5 Å². The van der Waals surface area contributed by atoms with Gasteiger partial charge in [0.15, 0.2) is 11.6 Å². The Bertz CT molecular complexity index is 1440. The summed E-state index contributed by atoms with van der Waals surface area (Å²) in [5, 5.41) is 2.82. The van der Waals surface area contributed by atoms with Gasteiger partial charge in [-0.05, 0) is 61.1 Å². The van der Waals surface area contributed by atoms with Gasteiger partial charge in [-0.2, -0.15) is 0 Å². The van der Waals surface area contributed by atoms with Crippen molar-refractivity contribution in [2.45, 2.75) is 79.4 Å². The summed E-state index contributed by atoms with van der Waals surface area (Å²) >= 11 is 0. The van der Waals surface area contributed by atoms with Gasteiger partial charge in [0.05, 0.1) is 6.04 Å². The zero-order chi connectivity index (χ0) is 33.8. The topological polar surface area (TPSA) is 107 Å². The molecule has 0 spiro atoms. The molecule has 1 saturated heterocycles. The zero-order valence-corrected chi connectivity index (χ0v) is 28.5. The predicted molar refractivity (Wildman–Crippen MR) is 180 cm³/mol. The molecule has 2 aliphatic heterocycles. The van der Waals surface area contributed by atoms with Gasteiger partial charge in [-0.25, -0.2) is 0 Å². The van der Waals surface area contributed by atoms with Crippen molar-refractivity contribution in [3.8, 4) is 0 Å². The van der Waals surface area contributed by atoms with Gasteiger partial charge < -0.3 is 20.0 Å². The number of anilines is 1. The molecule has 248 valence electrons. The van der Waals surface area contributed by atoms with Crippen molar-refractivity contribution in [1.29, 1.82) is 0 Å². The van der Waals surface area contributed by atoms with Gasteiger partial charge >= 0.3 is 0 Å². The first kappa shape index (κ1) is 35.0. The molecule has 9 nitrogen and oxygen atoms in total. The van der Waals surface area contributed by atoms with E-state index in [1.54, 1.807) is 24.0 Å². The van der Waals surface area contributed by atoms with Crippen molar-refractivity contribution in [3.05, 3.63) is 65.2 Å². The number of nitrogens with zero attached hydrogens (tertiary/aromatic N) is 3. The number of nitrogens with one attached hydrogen (secondary N) is 1. The fourth-order valence-electron chi connectivity index (χ4n) is 6.41. The van der Waals surface area contributed by atoms with Crippen molar-refractivity contribution in [1.82, 2.24) is 15.1 Å². The summed E-state index contributed by atoms with van der Waals surface area (Å²) in [5.74, 6) is -2.97. The van der Waals surface area contributed by atoms with Gasteiger partial charge in [-0.3, -0.25) is 24.0 Å². The number of fused-ring (bicyclic) bond motifs is 1. The van der Waals surface area contributed by atoms with Crippen molar-refractivity contribution < 1.29 is 24.0 Å². The lowest BCUT2D eigenvalue weighted by molar-refractivity contribution is -0.141. The molecular weight excluding hydrogens is 580 g/mol. The normalized spacial score (nSPS) is 17.4. The first-order chi connectivity index (χ1) is 21.7. The van der Waals surface area contributed by atoms with Crippen LogP contribution in [0, 0.1) is 17.3 Å². The van der Waals surface area contributed by atoms with E-state index in [1.165, 1.54) is 0 Å². The quantitative estimate of drug-likeness (QED) is 0.329. The van der Waals surface area contributed by atoms with E-state index in [2.05, 4.69) is 34.3 Å². The van der Waals surface area contributed by atoms with Crippen LogP contribution in [-0.2, 0) is 32.1 Å². The lowest BCUT2D eigenvalue weighted by Crippen LogP contribution is -2.56. The van der Waals surface area contributed by atoms with E-state index >= 15 is 0 Å². The first-order valence-corrected chi connectivity index (χ1v) is 16.5. The Hall–Kier alpha value is -3.85. The Labute approximate surface area is 273 Å². The number of benzene rings is 2. The number of hydrogen-bond donors (Lipinski definition) is 1. The average Bonchev–Trinajstić information content (AvgIpc) is 3.33. The molecule has 3 atom stereocenters. The van der Waals surface area contributed by atoms with E-state index in [1.807, 2.05) is 58.9 Å². The Kier molecular flexibility index (Phi) is 11.2. The Morgan fingerprint density at radius 2 is 1.52 bits per heavy atom. The Morgan fingerprint density at radius 3 is 2.11 bits per heavy atom. The molecule has 2 aromatic carbocycles. The zero-order valence-electron chi connectivity index (χ0n) is 28.5. The van der Waals surface area contributed by atoms with Gasteiger partial charge in [-0.15, -0.1) is 0 Å². The number of amides is 2. The fourth-order valence-corrected chi connectivity index (χ4v) is 6.41. The molecule has 9 heteroatoms. The van der Waals surface area contributed by atoms with Gasteiger partial charge in [0, 0.05) is 62.7 Å². The average molecular weight is 631 g/mol. The van der Waals surface area contributed by atoms with Crippen LogP contribution >= 0.6 is 0 Å². The van der Waals surface area contributed by atoms with E-state index in [9.17, 15) is 24.0 Å². The first-order valence-electron chi connectivity index (χ1n) is 16.5. The highest BCUT2D eigenvalue weighted by Gasteiger charge is 2.43. The Balaban J connectivity index is 1.33. The van der Waals surface area contributed by atoms with Gasteiger partial charge in [0.25, 0.3) is 5.91 Å². The molecule has 0 aromatic heterocycles. The molecule has 0 unspecified atom stereocenters. The molecular formula is C37H50N4O5. The number of aryl methyl sites for hydroxylation is 1. The highest BCUT2D eigenvalue weighted by molar-refractivity contribution is 6.38. The number of rotatable bonds is 13. The van der Waals surface area contributed by atoms with Crippen LogP contribution in [0.5, 0.6) is 0 Å². The van der Waals surface area contributed by atoms with Crippen LogP contribution in [-0.4, -0.2) is 84.3 Å². The predicted octanol–water partition coefficient (Wildman–Crippen LogP) is 4.32. The van der Waals surface area contributed by atoms with Crippen LogP contribution in [0.1, 0.15) is 75.9 Å². The second-order valence-corrected chi connectivity index (χ2v) is 14.4. The summed E-state index contributed by atoms with van der Waals surface area (Å²) in [5.41, 5.74) is 2.99. The minimum atomic E-state index is -0.889. The minimum Gasteiger partial charge on any atom is -0.369 e. The van der Waals surface area contributed by atoms with Crippen molar-refractivity contribution in [2.24, 2.45) is 17.3 Å². The molecule has 0 aliphatic carbocycles. The maximum Gasteiger partial charge on any atom is 0.255 e. The van der Waals surface area contributed by atoms with Crippen LogP contribution < -0.4 is 10.2 Å². The third kappa shape index (κ3) is 8.29. The lowest BCUT2D eigenvalue weighted by Gasteiger charge is -2.37. The number of hydrogen-bond acceptors (Lipinski definition) is 7. The monoisotopic (exact) mass is 630 g/mol. The van der Waals surface area contributed by atoms with E-state index in [0.29, 0.717) is 18.5 Å². The standard InChI is InChI=1S/C37H50N4O5/c1-24(2)30(33(44)31(42)17-14-26-12-15-28(16-13-26)40-20-18-39(7)19-21-40)22-32(43)25(3)38-35(45)34(37(4,5)6)41-23-27-10-8-9-11-29(27)36(41)46/h8-13,15-16,24-25,30,34H,14,17-23H2,1-7H3,(H,38,45)/t25-,30-,34+/m0/s1. The van der Waals surface area contributed by atoms with Crippen LogP contribution in [0.4, 0.5) is 5.69 Å². The van der Waals surface area contributed by atoms with E-state index in [0.717, 1.165) is 43.0 Å². The van der Waals surface area contributed by atoms with Crippen molar-refractivity contribution >= 4 is 34.9 Å². The lowest BCUT2D eigenvalue weighted by atomic mass is 9.82. The molecule has 0 bridgehead atoms. The summed E-state index contributed by atoms with van der Waals surface area (Å²) in [6.07, 6.45) is 0.389. The SMILES string of the molecule is CC(C)[C@H](CC(=O)[C@H](C)NC(=O)[C@@H](N1Cc2ccccc2C1=O)C(C)(C)C)C(=O)C(=O)CCc1ccc(N2CCN(C)CC2)cc1. The largest absolute Gasteiger partial charge is 0.369 e. The second-order valence-electron chi connectivity index (χ2n) is 14.4. The highest BCUT2D eigenvalue weighted by Crippen LogP contribution is 2.32. The number of ketones is 3. The molecule has 2 heterocycles. The van der Waals surface area contributed by atoms with E-state index in [-0.39, 0.29) is 30.4 Å². The molecule has 4 rings (SSSR count). The summed E-state index contributed by atoms with van der Waals surface area (Å²) in [7, 11) is 2.12. The second kappa shape index (κ2) is 14.7. The van der Waals surface area contributed by atoms with E-state index in [4.69, 9.17) is 0 Å². The third-order valence-electron chi connectivity index (χ3n) is 9.35. The number of Topliss-reactive ketones (excluding diaryl/α,β-unsaturated/α-hetero) is 3. The molecule has 46 heavy (non-hydrogen) atoms. The van der Waals surface area contributed by atoms with Gasteiger partial charge in [0.1, 0.15) is 6.04 Å². The maximum atomic E-state index is 13.6. The molecule has 1 fully saturated rings. The van der Waals surface area contributed by atoms with Crippen molar-refractivity contribution in [3.63, 3.8) is 0 Å². The van der Waals surface area contributed by atoms with Crippen molar-refractivity contribution in [2.75, 3.05) is 38.1 Å². The summed E-state index contributed by atoms with van der Waals surface area (Å²) in [6.45, 7) is 15.2. The minimum absolute atomic E-state index is 0.0793. The highest BCUT2D eigenvalue weighted by atomic mass is 16.2. The number of likely N-dealkylation sites (N-methyl/N-ethyl adjacent to an activating group) is 1. The maximum absolute atomic E-state index is 13.6.